The first-order valence-corrected chi connectivity index (χ1v) is 9.64. The van der Waals surface area contributed by atoms with Gasteiger partial charge < -0.3 is 14.6 Å². The molecule has 15 heteroatoms. The maximum atomic E-state index is 14.3. The van der Waals surface area contributed by atoms with Crippen molar-refractivity contribution in [1.29, 1.82) is 0 Å². The van der Waals surface area contributed by atoms with Gasteiger partial charge in [-0.05, 0) is 18.2 Å². The van der Waals surface area contributed by atoms with E-state index in [0.717, 1.165) is 24.3 Å². The molecule has 0 radical (unpaired) electrons. The minimum atomic E-state index is -4.94. The lowest BCUT2D eigenvalue weighted by Crippen LogP contribution is -2.21. The summed E-state index contributed by atoms with van der Waals surface area (Å²) < 4.78 is 124. The molecule has 0 bridgehead atoms. The average molecular weight is 491 g/mol. The molecule has 0 amide bonds. The number of ether oxygens (including phenoxy) is 2. The molecule has 0 spiro atoms. The molecule has 2 aromatic carbocycles. The number of anilines is 1. The van der Waals surface area contributed by atoms with E-state index in [1.807, 2.05) is 0 Å². The van der Waals surface area contributed by atoms with E-state index in [9.17, 15) is 43.9 Å². The van der Waals surface area contributed by atoms with Crippen molar-refractivity contribution in [2.24, 2.45) is 0 Å². The van der Waals surface area contributed by atoms with Gasteiger partial charge in [-0.1, -0.05) is 6.07 Å². The minimum Gasteiger partial charge on any atom is -0.481 e. The Morgan fingerprint density at radius 2 is 1.44 bits per heavy atom. The van der Waals surface area contributed by atoms with Gasteiger partial charge in [-0.25, -0.2) is 13.2 Å². The number of rotatable bonds is 8. The topological polar surface area (TPSA) is 102 Å². The van der Waals surface area contributed by atoms with Crippen molar-refractivity contribution in [3.8, 4) is 11.5 Å². The number of halogens is 7. The largest absolute Gasteiger partial charge is 0.481 e. The molecule has 0 aliphatic rings. The fourth-order valence-corrected chi connectivity index (χ4v) is 3.26. The lowest BCUT2D eigenvalue weighted by atomic mass is 10.2. The van der Waals surface area contributed by atoms with Gasteiger partial charge in [-0.3, -0.25) is 4.72 Å². The molecule has 0 fully saturated rings. The lowest BCUT2D eigenvalue weighted by Gasteiger charge is -2.16. The highest BCUT2D eigenvalue weighted by Crippen LogP contribution is 2.34. The third kappa shape index (κ3) is 7.18. The summed E-state index contributed by atoms with van der Waals surface area (Å²) in [6.07, 6.45) is -9.88. The van der Waals surface area contributed by atoms with Gasteiger partial charge in [0.1, 0.15) is 0 Å². The van der Waals surface area contributed by atoms with Crippen molar-refractivity contribution in [1.82, 2.24) is 0 Å². The zero-order chi connectivity index (χ0) is 24.3. The third-order valence-corrected chi connectivity index (χ3v) is 4.81. The van der Waals surface area contributed by atoms with Crippen molar-refractivity contribution < 1.29 is 58.5 Å². The van der Waals surface area contributed by atoms with Crippen molar-refractivity contribution in [3.63, 3.8) is 0 Å². The monoisotopic (exact) mass is 491 g/mol. The molecule has 0 unspecified atom stereocenters. The summed E-state index contributed by atoms with van der Waals surface area (Å²) in [5, 5.41) is 8.94. The molecule has 7 nitrogen and oxygen atoms in total. The van der Waals surface area contributed by atoms with Crippen LogP contribution in [0.2, 0.25) is 0 Å². The molecule has 0 atom stereocenters. The van der Waals surface area contributed by atoms with E-state index < -0.39 is 75.0 Å². The number of carboxylic acid groups (broad SMARTS) is 1. The van der Waals surface area contributed by atoms with E-state index in [1.54, 1.807) is 4.72 Å². The third-order valence-electron chi connectivity index (χ3n) is 3.43. The number of alkyl halides is 6. The molecule has 2 N–H and O–H groups in total. The Kier molecular flexibility index (Phi) is 7.12. The molecule has 32 heavy (non-hydrogen) atoms. The highest BCUT2D eigenvalue weighted by Gasteiger charge is 2.32. The molecule has 0 saturated heterocycles. The zero-order valence-corrected chi connectivity index (χ0v) is 16.2. The highest BCUT2D eigenvalue weighted by molar-refractivity contribution is 7.92. The van der Waals surface area contributed by atoms with E-state index in [2.05, 4.69) is 9.47 Å². The predicted molar refractivity (Wildman–Crippen MR) is 93.7 cm³/mol. The molecular formula is C17H12F7NO6S. The van der Waals surface area contributed by atoms with E-state index in [0.29, 0.717) is 12.1 Å². The Morgan fingerprint density at radius 1 is 0.938 bits per heavy atom. The lowest BCUT2D eigenvalue weighted by molar-refractivity contribution is -0.154. The van der Waals surface area contributed by atoms with Crippen LogP contribution in [0.3, 0.4) is 0 Å². The summed E-state index contributed by atoms with van der Waals surface area (Å²) in [6, 6.07) is 4.79. The quantitative estimate of drug-likeness (QED) is 0.537. The zero-order valence-electron chi connectivity index (χ0n) is 15.4. The van der Waals surface area contributed by atoms with Gasteiger partial charge in [-0.2, -0.15) is 30.7 Å². The maximum Gasteiger partial charge on any atom is 0.422 e. The molecule has 0 aliphatic heterocycles. The highest BCUT2D eigenvalue weighted by atomic mass is 32.2. The van der Waals surface area contributed by atoms with Crippen LogP contribution in [0, 0.1) is 5.82 Å². The van der Waals surface area contributed by atoms with Gasteiger partial charge in [0.25, 0.3) is 10.0 Å². The Morgan fingerprint density at radius 3 is 1.88 bits per heavy atom. The van der Waals surface area contributed by atoms with Crippen LogP contribution in [0.4, 0.5) is 36.4 Å². The Bertz CT molecular complexity index is 1060. The first kappa shape index (κ1) is 25.0. The first-order valence-electron chi connectivity index (χ1n) is 8.16. The van der Waals surface area contributed by atoms with E-state index in [-0.39, 0.29) is 0 Å². The second-order valence-electron chi connectivity index (χ2n) is 6.03. The van der Waals surface area contributed by atoms with Crippen molar-refractivity contribution >= 4 is 21.7 Å². The van der Waals surface area contributed by atoms with Gasteiger partial charge in [0.2, 0.25) is 5.82 Å². The molecular weight excluding hydrogens is 479 g/mol. The summed E-state index contributed by atoms with van der Waals surface area (Å²) in [5.74, 6) is -5.66. The molecule has 0 saturated carbocycles. The van der Waals surface area contributed by atoms with Crippen LogP contribution in [-0.4, -0.2) is 45.1 Å². The predicted octanol–water partition coefficient (Wildman–Crippen LogP) is 4.21. The maximum absolute atomic E-state index is 14.3. The van der Waals surface area contributed by atoms with E-state index in [4.69, 9.17) is 5.11 Å². The van der Waals surface area contributed by atoms with Crippen LogP contribution in [0.15, 0.2) is 41.3 Å². The van der Waals surface area contributed by atoms with Crippen LogP contribution < -0.4 is 14.2 Å². The van der Waals surface area contributed by atoms with Crippen LogP contribution in [0.5, 0.6) is 11.5 Å². The van der Waals surface area contributed by atoms with Gasteiger partial charge in [0.15, 0.2) is 24.7 Å². The van der Waals surface area contributed by atoms with Crippen LogP contribution >= 0.6 is 0 Å². The standard InChI is InChI=1S/C17H12F7NO6S/c18-14-12(30-7-16(19,20)21)5-10(6-13(14)31-8-17(22,23)24)25-32(28,29)11-3-1-2-9(4-11)15(26)27/h1-6,25H,7-8H2,(H,26,27). The minimum absolute atomic E-state index is 0.421. The number of sulfonamides is 1. The fourth-order valence-electron chi connectivity index (χ4n) is 2.17. The van der Waals surface area contributed by atoms with Crippen molar-refractivity contribution in [2.45, 2.75) is 17.2 Å². The Labute approximate surface area is 175 Å². The Hall–Kier alpha value is -3.23. The number of hydrogen-bond acceptors (Lipinski definition) is 5. The second-order valence-corrected chi connectivity index (χ2v) is 7.72. The fraction of sp³-hybridized carbons (Fsp3) is 0.235. The molecule has 2 rings (SSSR count). The van der Waals surface area contributed by atoms with Crippen LogP contribution in [0.1, 0.15) is 10.4 Å². The summed E-state index contributed by atoms with van der Waals surface area (Å²) in [6.45, 7) is -4.06. The molecule has 0 heterocycles. The SMILES string of the molecule is O=C(O)c1cccc(S(=O)(=O)Nc2cc(OCC(F)(F)F)c(F)c(OCC(F)(F)F)c2)c1. The number of carbonyl (C=O) groups is 1. The van der Waals surface area contributed by atoms with Gasteiger partial charge in [0.05, 0.1) is 16.1 Å². The number of carboxylic acids is 1. The van der Waals surface area contributed by atoms with Gasteiger partial charge in [0, 0.05) is 12.1 Å². The van der Waals surface area contributed by atoms with E-state index >= 15 is 0 Å². The number of hydrogen-bond donors (Lipinski definition) is 2. The summed E-state index contributed by atoms with van der Waals surface area (Å²) in [7, 11) is -4.59. The smallest absolute Gasteiger partial charge is 0.422 e. The van der Waals surface area contributed by atoms with Gasteiger partial charge in [-0.15, -0.1) is 0 Å². The van der Waals surface area contributed by atoms with Gasteiger partial charge >= 0.3 is 18.3 Å². The molecule has 0 aromatic heterocycles. The summed E-state index contributed by atoms with van der Waals surface area (Å²) in [4.78, 5) is 10.4. The number of benzene rings is 2. The summed E-state index contributed by atoms with van der Waals surface area (Å²) in [5.41, 5.74) is -1.13. The van der Waals surface area contributed by atoms with E-state index in [1.165, 1.54) is 0 Å². The molecule has 0 aliphatic carbocycles. The number of nitrogens with one attached hydrogen (secondary N) is 1. The summed E-state index contributed by atoms with van der Waals surface area (Å²) >= 11 is 0. The normalized spacial score (nSPS) is 12.3. The Balaban J connectivity index is 2.44. The van der Waals surface area contributed by atoms with Crippen molar-refractivity contribution in [3.05, 3.63) is 47.8 Å². The number of aromatic carboxylic acids is 1. The average Bonchev–Trinajstić information content (AvgIpc) is 2.65. The van der Waals surface area contributed by atoms with Crippen LogP contribution in [-0.2, 0) is 10.0 Å². The molecule has 176 valence electrons. The first-order chi connectivity index (χ1) is 14.6. The second kappa shape index (κ2) is 9.10. The molecule has 2 aromatic rings. The van der Waals surface area contributed by atoms with Crippen LogP contribution in [0.25, 0.3) is 0 Å². The van der Waals surface area contributed by atoms with Crippen molar-refractivity contribution in [2.75, 3.05) is 17.9 Å².